The number of aromatic nitrogens is 5. The summed E-state index contributed by atoms with van der Waals surface area (Å²) in [5.41, 5.74) is 4.01. The van der Waals surface area contributed by atoms with E-state index in [0.717, 1.165) is 36.5 Å². The second-order valence-corrected chi connectivity index (χ2v) is 6.35. The highest BCUT2D eigenvalue weighted by molar-refractivity contribution is 5.99. The zero-order valence-corrected chi connectivity index (χ0v) is 15.7. The van der Waals surface area contributed by atoms with Gasteiger partial charge in [-0.25, -0.2) is 9.50 Å². The molecule has 1 N–H and O–H groups in total. The van der Waals surface area contributed by atoms with Crippen LogP contribution in [0.15, 0.2) is 24.8 Å². The molecule has 0 spiro atoms. The lowest BCUT2D eigenvalue weighted by Gasteiger charge is -2.17. The van der Waals surface area contributed by atoms with Gasteiger partial charge in [0.1, 0.15) is 5.56 Å². The van der Waals surface area contributed by atoms with Gasteiger partial charge in [0.15, 0.2) is 5.65 Å². The summed E-state index contributed by atoms with van der Waals surface area (Å²) in [6, 6.07) is 0. The molecule has 0 aliphatic carbocycles. The van der Waals surface area contributed by atoms with Gasteiger partial charge in [-0.2, -0.15) is 10.2 Å². The van der Waals surface area contributed by atoms with Crippen molar-refractivity contribution < 1.29 is 4.79 Å². The van der Waals surface area contributed by atoms with Gasteiger partial charge >= 0.3 is 0 Å². The van der Waals surface area contributed by atoms with Crippen molar-refractivity contribution in [2.45, 2.75) is 33.9 Å². The van der Waals surface area contributed by atoms with E-state index in [4.69, 9.17) is 0 Å². The van der Waals surface area contributed by atoms with Gasteiger partial charge in [-0.3, -0.25) is 14.4 Å². The second-order valence-electron chi connectivity index (χ2n) is 6.35. The summed E-state index contributed by atoms with van der Waals surface area (Å²) >= 11 is 0. The first-order chi connectivity index (χ1) is 12.5. The van der Waals surface area contributed by atoms with Crippen molar-refractivity contribution >= 4 is 11.6 Å². The number of hydrogen-bond donors (Lipinski definition) is 1. The largest absolute Gasteiger partial charge is 0.348 e. The van der Waals surface area contributed by atoms with Crippen molar-refractivity contribution in [3.05, 3.63) is 47.2 Å². The van der Waals surface area contributed by atoms with Crippen LogP contribution in [-0.4, -0.2) is 48.3 Å². The van der Waals surface area contributed by atoms with Gasteiger partial charge < -0.3 is 5.32 Å². The molecule has 0 unspecified atom stereocenters. The summed E-state index contributed by atoms with van der Waals surface area (Å²) in [6.07, 6.45) is 7.22. The first-order valence-corrected chi connectivity index (χ1v) is 8.83. The van der Waals surface area contributed by atoms with Gasteiger partial charge in [-0.05, 0) is 20.0 Å². The molecule has 0 saturated heterocycles. The van der Waals surface area contributed by atoms with Gasteiger partial charge in [0.25, 0.3) is 5.91 Å². The van der Waals surface area contributed by atoms with E-state index in [1.807, 2.05) is 32.6 Å². The van der Waals surface area contributed by atoms with Crippen LogP contribution in [0.3, 0.4) is 0 Å². The third-order valence-corrected chi connectivity index (χ3v) is 4.51. The average Bonchev–Trinajstić information content (AvgIpc) is 3.19. The van der Waals surface area contributed by atoms with Crippen LogP contribution in [0.2, 0.25) is 0 Å². The van der Waals surface area contributed by atoms with Crippen molar-refractivity contribution in [1.29, 1.82) is 0 Å². The number of aryl methyl sites for hydroxylation is 2. The summed E-state index contributed by atoms with van der Waals surface area (Å²) in [5.74, 6) is -0.188. The van der Waals surface area contributed by atoms with Gasteiger partial charge in [-0.1, -0.05) is 13.8 Å². The fraction of sp³-hybridized carbons (Fsp3) is 0.444. The third kappa shape index (κ3) is 3.75. The van der Waals surface area contributed by atoms with E-state index in [-0.39, 0.29) is 5.91 Å². The maximum atomic E-state index is 12.5. The molecule has 0 atom stereocenters. The van der Waals surface area contributed by atoms with Crippen molar-refractivity contribution in [2.24, 2.45) is 7.05 Å². The lowest BCUT2D eigenvalue weighted by molar-refractivity contribution is 0.0952. The van der Waals surface area contributed by atoms with E-state index in [2.05, 4.69) is 39.2 Å². The molecule has 138 valence electrons. The standard InChI is InChI=1S/C18H25N7O/c1-5-24(6-2)10-14-7-19-17-16(9-21-25(17)11-14)18(26)20-8-15-12-23(4)22-13(15)3/h7,9,11-12H,5-6,8,10H2,1-4H3,(H,20,26). The molecule has 0 aromatic carbocycles. The molecule has 1 amide bonds. The van der Waals surface area contributed by atoms with Crippen LogP contribution in [-0.2, 0) is 20.1 Å². The Kier molecular flexibility index (Phi) is 5.32. The highest BCUT2D eigenvalue weighted by atomic mass is 16.1. The Hall–Kier alpha value is -2.74. The number of rotatable bonds is 7. The third-order valence-electron chi connectivity index (χ3n) is 4.51. The quantitative estimate of drug-likeness (QED) is 0.695. The Bertz CT molecular complexity index is 908. The van der Waals surface area contributed by atoms with Gasteiger partial charge in [-0.15, -0.1) is 0 Å². The Morgan fingerprint density at radius 2 is 2.00 bits per heavy atom. The van der Waals surface area contributed by atoms with E-state index in [1.165, 1.54) is 0 Å². The van der Waals surface area contributed by atoms with Crippen LogP contribution < -0.4 is 5.32 Å². The zero-order valence-electron chi connectivity index (χ0n) is 15.7. The van der Waals surface area contributed by atoms with Crippen molar-refractivity contribution in [3.63, 3.8) is 0 Å². The summed E-state index contributed by atoms with van der Waals surface area (Å²) in [7, 11) is 1.86. The molecule has 0 saturated carbocycles. The van der Waals surface area contributed by atoms with Crippen LogP contribution >= 0.6 is 0 Å². The topological polar surface area (TPSA) is 80.3 Å². The van der Waals surface area contributed by atoms with Crippen LogP contribution in [0.4, 0.5) is 0 Å². The highest BCUT2D eigenvalue weighted by Gasteiger charge is 2.15. The first-order valence-electron chi connectivity index (χ1n) is 8.83. The van der Waals surface area contributed by atoms with Gasteiger partial charge in [0.2, 0.25) is 0 Å². The number of amides is 1. The molecule has 0 aliphatic rings. The molecule has 3 rings (SSSR count). The Balaban J connectivity index is 1.73. The molecule has 26 heavy (non-hydrogen) atoms. The summed E-state index contributed by atoms with van der Waals surface area (Å²) < 4.78 is 3.41. The Labute approximate surface area is 152 Å². The van der Waals surface area contributed by atoms with E-state index >= 15 is 0 Å². The number of nitrogens with one attached hydrogen (secondary N) is 1. The van der Waals surface area contributed by atoms with Crippen LogP contribution in [0.25, 0.3) is 5.65 Å². The minimum absolute atomic E-state index is 0.188. The molecule has 0 fully saturated rings. The van der Waals surface area contributed by atoms with Crippen molar-refractivity contribution in [2.75, 3.05) is 13.1 Å². The average molecular weight is 355 g/mol. The maximum absolute atomic E-state index is 12.5. The molecule has 0 bridgehead atoms. The minimum atomic E-state index is -0.188. The van der Waals surface area contributed by atoms with Gasteiger partial charge in [0.05, 0.1) is 11.9 Å². The van der Waals surface area contributed by atoms with E-state index in [9.17, 15) is 4.79 Å². The summed E-state index contributed by atoms with van der Waals surface area (Å²) in [5, 5.41) is 11.5. The molecular formula is C18H25N7O. The predicted octanol–water partition coefficient (Wildman–Crippen LogP) is 1.54. The predicted molar refractivity (Wildman–Crippen MR) is 98.7 cm³/mol. The number of fused-ring (bicyclic) bond motifs is 1. The van der Waals surface area contributed by atoms with Crippen molar-refractivity contribution in [3.8, 4) is 0 Å². The molecule has 3 heterocycles. The maximum Gasteiger partial charge on any atom is 0.257 e. The van der Waals surface area contributed by atoms with Gasteiger partial charge in [0, 0.05) is 49.9 Å². The number of carbonyl (C=O) groups is 1. The second kappa shape index (κ2) is 7.65. The molecule has 0 radical (unpaired) electrons. The zero-order chi connectivity index (χ0) is 18.7. The van der Waals surface area contributed by atoms with Crippen LogP contribution in [0, 0.1) is 6.92 Å². The summed E-state index contributed by atoms with van der Waals surface area (Å²) in [4.78, 5) is 19.3. The lowest BCUT2D eigenvalue weighted by Crippen LogP contribution is -2.23. The first kappa shape index (κ1) is 18.1. The summed E-state index contributed by atoms with van der Waals surface area (Å²) in [6.45, 7) is 9.40. The fourth-order valence-corrected chi connectivity index (χ4v) is 2.95. The van der Waals surface area contributed by atoms with E-state index < -0.39 is 0 Å². The monoisotopic (exact) mass is 355 g/mol. The number of nitrogens with zero attached hydrogens (tertiary/aromatic N) is 6. The molecule has 8 nitrogen and oxygen atoms in total. The number of carbonyl (C=O) groups excluding carboxylic acids is 1. The SMILES string of the molecule is CCN(CC)Cc1cnc2c(C(=O)NCc3cn(C)nc3C)cnn2c1. The molecule has 3 aromatic heterocycles. The minimum Gasteiger partial charge on any atom is -0.348 e. The number of hydrogen-bond acceptors (Lipinski definition) is 5. The molecule has 8 heteroatoms. The highest BCUT2D eigenvalue weighted by Crippen LogP contribution is 2.11. The van der Waals surface area contributed by atoms with Crippen LogP contribution in [0.5, 0.6) is 0 Å². The lowest BCUT2D eigenvalue weighted by atomic mass is 10.2. The molecule has 3 aromatic rings. The Morgan fingerprint density at radius 1 is 1.23 bits per heavy atom. The smallest absolute Gasteiger partial charge is 0.257 e. The van der Waals surface area contributed by atoms with Crippen LogP contribution in [0.1, 0.15) is 41.0 Å². The van der Waals surface area contributed by atoms with E-state index in [1.54, 1.807) is 15.4 Å². The molecule has 0 aliphatic heterocycles. The molecular weight excluding hydrogens is 330 g/mol. The normalized spacial score (nSPS) is 11.4. The van der Waals surface area contributed by atoms with E-state index in [0.29, 0.717) is 17.8 Å². The van der Waals surface area contributed by atoms with Crippen molar-refractivity contribution in [1.82, 2.24) is 34.6 Å². The Morgan fingerprint density at radius 3 is 2.65 bits per heavy atom. The fourth-order valence-electron chi connectivity index (χ4n) is 2.95.